The van der Waals surface area contributed by atoms with Crippen molar-refractivity contribution >= 4 is 39.9 Å². The van der Waals surface area contributed by atoms with Crippen molar-refractivity contribution < 1.29 is 43.2 Å². The van der Waals surface area contributed by atoms with Crippen molar-refractivity contribution in [2.24, 2.45) is 0 Å². The Hall–Kier alpha value is -4.84. The minimum absolute atomic E-state index is 0.0100. The Kier molecular flexibility index (Phi) is 10.3. The van der Waals surface area contributed by atoms with Crippen LogP contribution in [-0.4, -0.2) is 62.3 Å². The number of unbranched alkanes of at least 4 members (excludes halogenated alkanes) is 1. The molecule has 1 aliphatic rings. The molecule has 12 heteroatoms. The first kappa shape index (κ1) is 32.1. The summed E-state index contributed by atoms with van der Waals surface area (Å²) < 4.78 is 27.4. The highest BCUT2D eigenvalue weighted by Crippen LogP contribution is 2.48. The van der Waals surface area contributed by atoms with E-state index >= 15 is 0 Å². The number of Topliss-reactive ketones (excluding diaryl/α,β-unsaturated/α-hetero) is 1. The average Bonchev–Trinajstić information content (AvgIpc) is 3.55. The molecule has 1 amide bonds. The lowest BCUT2D eigenvalue weighted by molar-refractivity contribution is -0.132. The summed E-state index contributed by atoms with van der Waals surface area (Å²) >= 11 is 0.893. The summed E-state index contributed by atoms with van der Waals surface area (Å²) in [4.78, 5) is 45.8. The lowest BCUT2D eigenvalue weighted by atomic mass is 9.94. The Balaban J connectivity index is 1.90. The molecule has 0 radical (unpaired) electrons. The lowest BCUT2D eigenvalue weighted by Crippen LogP contribution is -2.29. The number of aryl methyl sites for hydroxylation is 1. The molecule has 44 heavy (non-hydrogen) atoms. The van der Waals surface area contributed by atoms with Gasteiger partial charge in [0.1, 0.15) is 23.0 Å². The number of anilines is 1. The molecule has 1 N–H and O–H groups in total. The number of aliphatic hydroxyl groups excluding tert-OH is 1. The van der Waals surface area contributed by atoms with E-state index in [1.165, 1.54) is 27.4 Å². The summed E-state index contributed by atoms with van der Waals surface area (Å²) in [5.74, 6) is -1.48. The van der Waals surface area contributed by atoms with E-state index in [9.17, 15) is 19.5 Å². The second-order valence-corrected chi connectivity index (χ2v) is 10.6. The topological polar surface area (TPSA) is 134 Å². The number of ether oxygens (including phenoxy) is 5. The molecule has 2 heterocycles. The normalized spacial score (nSPS) is 15.7. The monoisotopic (exact) mass is 622 g/mol. The second kappa shape index (κ2) is 14.1. The van der Waals surface area contributed by atoms with Crippen LogP contribution in [0.15, 0.2) is 54.6 Å². The van der Waals surface area contributed by atoms with Crippen LogP contribution < -0.4 is 23.8 Å². The molecule has 4 rings (SSSR count). The van der Waals surface area contributed by atoms with E-state index in [4.69, 9.17) is 23.7 Å². The van der Waals surface area contributed by atoms with Crippen molar-refractivity contribution in [2.45, 2.75) is 32.7 Å². The first-order valence-electron chi connectivity index (χ1n) is 13.8. The van der Waals surface area contributed by atoms with Gasteiger partial charge in [0.15, 0.2) is 16.6 Å². The van der Waals surface area contributed by atoms with E-state index in [1.54, 1.807) is 43.3 Å². The van der Waals surface area contributed by atoms with Gasteiger partial charge in [-0.2, -0.15) is 0 Å². The van der Waals surface area contributed by atoms with Crippen molar-refractivity contribution in [3.05, 3.63) is 76.3 Å². The summed E-state index contributed by atoms with van der Waals surface area (Å²) in [6, 6.07) is 8.58. The van der Waals surface area contributed by atoms with Crippen molar-refractivity contribution in [1.29, 1.82) is 0 Å². The van der Waals surface area contributed by atoms with Gasteiger partial charge in [-0.15, -0.1) is 0 Å². The van der Waals surface area contributed by atoms with Gasteiger partial charge < -0.3 is 28.8 Å². The highest BCUT2D eigenvalue weighted by atomic mass is 32.1. The molecule has 0 saturated carbocycles. The number of amides is 1. The summed E-state index contributed by atoms with van der Waals surface area (Å²) in [6.07, 6.45) is 3.31. The number of methoxy groups -OCH3 is 3. The minimum atomic E-state index is -1.17. The smallest absolute Gasteiger partial charge is 0.350 e. The fraction of sp³-hybridized carbons (Fsp3) is 0.312. The molecule has 1 aromatic heterocycles. The molecule has 1 saturated heterocycles. The maximum atomic E-state index is 13.7. The first-order valence-corrected chi connectivity index (χ1v) is 14.6. The third-order valence-corrected chi connectivity index (χ3v) is 7.99. The number of nitrogens with zero attached hydrogens (tertiary/aromatic N) is 2. The predicted octanol–water partition coefficient (Wildman–Crippen LogP) is 5.63. The first-order chi connectivity index (χ1) is 21.2. The SMILES string of the molecule is C=CCOC(=O)c1sc(N2C(=O)C(=O)/C(=C(\O)c3ccc(OCCCC)cc3)C2c2cc(OC)c(OC)c(OC)c2)nc1C. The van der Waals surface area contributed by atoms with Crippen LogP contribution in [0.3, 0.4) is 0 Å². The molecular weight excluding hydrogens is 588 g/mol. The molecular formula is C32H34N2O9S. The number of hydrogen-bond donors (Lipinski definition) is 1. The Morgan fingerprint density at radius 1 is 1.09 bits per heavy atom. The van der Waals surface area contributed by atoms with Crippen molar-refractivity contribution in [3.8, 4) is 23.0 Å². The third kappa shape index (κ3) is 6.25. The number of thiazole rings is 1. The van der Waals surface area contributed by atoms with Crippen LogP contribution in [-0.2, 0) is 14.3 Å². The molecule has 232 valence electrons. The van der Waals surface area contributed by atoms with Gasteiger partial charge in [0, 0.05) is 5.56 Å². The number of rotatable bonds is 13. The molecule has 1 fully saturated rings. The van der Waals surface area contributed by atoms with Crippen LogP contribution >= 0.6 is 11.3 Å². The number of benzene rings is 2. The zero-order valence-corrected chi connectivity index (χ0v) is 26.0. The van der Waals surface area contributed by atoms with Crippen LogP contribution in [0.25, 0.3) is 5.76 Å². The molecule has 2 aromatic carbocycles. The molecule has 0 aliphatic carbocycles. The number of esters is 1. The van der Waals surface area contributed by atoms with Gasteiger partial charge >= 0.3 is 11.9 Å². The molecule has 0 spiro atoms. The van der Waals surface area contributed by atoms with Crippen LogP contribution in [0.1, 0.15) is 52.3 Å². The Morgan fingerprint density at radius 3 is 2.32 bits per heavy atom. The minimum Gasteiger partial charge on any atom is -0.507 e. The third-order valence-electron chi connectivity index (χ3n) is 6.85. The summed E-state index contributed by atoms with van der Waals surface area (Å²) in [5.41, 5.74) is 0.784. The van der Waals surface area contributed by atoms with Gasteiger partial charge in [0.25, 0.3) is 5.78 Å². The van der Waals surface area contributed by atoms with E-state index in [-0.39, 0.29) is 33.7 Å². The number of aromatic nitrogens is 1. The number of ketones is 1. The van der Waals surface area contributed by atoms with Crippen LogP contribution in [0, 0.1) is 6.92 Å². The lowest BCUT2D eigenvalue weighted by Gasteiger charge is -2.24. The highest BCUT2D eigenvalue weighted by molar-refractivity contribution is 7.17. The summed E-state index contributed by atoms with van der Waals surface area (Å²) in [5, 5.41) is 11.6. The summed E-state index contributed by atoms with van der Waals surface area (Å²) in [7, 11) is 4.33. The molecule has 0 bridgehead atoms. The quantitative estimate of drug-likeness (QED) is 0.0639. The number of carbonyl (C=O) groups is 3. The number of aliphatic hydroxyl groups is 1. The van der Waals surface area contributed by atoms with Crippen molar-refractivity contribution in [3.63, 3.8) is 0 Å². The fourth-order valence-electron chi connectivity index (χ4n) is 4.68. The molecule has 1 unspecified atom stereocenters. The van der Waals surface area contributed by atoms with Gasteiger partial charge in [0.05, 0.1) is 45.2 Å². The maximum absolute atomic E-state index is 13.7. The van der Waals surface area contributed by atoms with Crippen LogP contribution in [0.2, 0.25) is 0 Å². The molecule has 1 aliphatic heterocycles. The highest BCUT2D eigenvalue weighted by Gasteiger charge is 2.49. The zero-order chi connectivity index (χ0) is 32.0. The van der Waals surface area contributed by atoms with Crippen molar-refractivity contribution in [2.75, 3.05) is 39.4 Å². The Bertz CT molecular complexity index is 1570. The van der Waals surface area contributed by atoms with Gasteiger partial charge in [-0.3, -0.25) is 14.5 Å². The van der Waals surface area contributed by atoms with Gasteiger partial charge in [-0.05, 0) is 55.3 Å². The average molecular weight is 623 g/mol. The van der Waals surface area contributed by atoms with E-state index in [0.717, 1.165) is 29.1 Å². The maximum Gasteiger partial charge on any atom is 0.350 e. The van der Waals surface area contributed by atoms with Gasteiger partial charge in [-0.25, -0.2) is 9.78 Å². The standard InChI is InChI=1S/C32H34N2O9S/c1-7-9-15-42-21-12-10-19(11-13-21)26(35)24-25(20-16-22(39-4)28(41-6)23(17-20)40-5)34(30(37)27(24)36)32-33-18(3)29(44-32)31(38)43-14-8-2/h8,10-13,16-17,25,35H,2,7,9,14-15H2,1,3-6H3/b26-24-. The zero-order valence-electron chi connectivity index (χ0n) is 25.2. The Labute approximate surface area is 259 Å². The second-order valence-electron chi connectivity index (χ2n) is 9.65. The van der Waals surface area contributed by atoms with Gasteiger partial charge in [0.2, 0.25) is 5.75 Å². The largest absolute Gasteiger partial charge is 0.507 e. The number of carbonyl (C=O) groups excluding carboxylic acids is 3. The molecule has 3 aromatic rings. The summed E-state index contributed by atoms with van der Waals surface area (Å²) in [6.45, 7) is 7.74. The van der Waals surface area contributed by atoms with Crippen molar-refractivity contribution in [1.82, 2.24) is 4.98 Å². The van der Waals surface area contributed by atoms with E-state index in [1.807, 2.05) is 0 Å². The fourth-order valence-corrected chi connectivity index (χ4v) is 5.67. The Morgan fingerprint density at radius 2 is 1.75 bits per heavy atom. The van der Waals surface area contributed by atoms with E-state index in [2.05, 4.69) is 18.5 Å². The van der Waals surface area contributed by atoms with Crippen LogP contribution in [0.4, 0.5) is 5.13 Å². The molecule has 11 nitrogen and oxygen atoms in total. The van der Waals surface area contributed by atoms with Crippen LogP contribution in [0.5, 0.6) is 23.0 Å². The predicted molar refractivity (Wildman–Crippen MR) is 165 cm³/mol. The number of hydrogen-bond acceptors (Lipinski definition) is 11. The van der Waals surface area contributed by atoms with E-state index < -0.39 is 29.5 Å². The van der Waals surface area contributed by atoms with E-state index in [0.29, 0.717) is 34.9 Å². The molecule has 1 atom stereocenters. The van der Waals surface area contributed by atoms with Gasteiger partial charge in [-0.1, -0.05) is 37.3 Å².